The molecule has 0 aromatic heterocycles. The van der Waals surface area contributed by atoms with E-state index in [4.69, 9.17) is 14.2 Å². The molecule has 0 heterocycles. The highest BCUT2D eigenvalue weighted by Crippen LogP contribution is 2.20. The smallest absolute Gasteiger partial charge is 0.306 e. The number of hydrogen-bond donors (Lipinski definition) is 0. The summed E-state index contributed by atoms with van der Waals surface area (Å²) in [6.07, 6.45) is 65.3. The van der Waals surface area contributed by atoms with E-state index < -0.39 is 6.10 Å². The predicted octanol–water partition coefficient (Wildman–Crippen LogP) is 22.6. The molecule has 0 spiro atoms. The fourth-order valence-corrected chi connectivity index (χ4v) is 10.6. The van der Waals surface area contributed by atoms with Gasteiger partial charge in [0.1, 0.15) is 13.2 Å². The van der Waals surface area contributed by atoms with Gasteiger partial charge in [-0.3, -0.25) is 14.4 Å². The van der Waals surface area contributed by atoms with Gasteiger partial charge >= 0.3 is 17.9 Å². The molecule has 1 unspecified atom stereocenters. The van der Waals surface area contributed by atoms with Gasteiger partial charge in [-0.05, 0) is 37.0 Å². The van der Waals surface area contributed by atoms with E-state index in [1.165, 1.54) is 263 Å². The second kappa shape index (κ2) is 59.1. The van der Waals surface area contributed by atoms with Crippen molar-refractivity contribution in [3.8, 4) is 0 Å². The highest BCUT2D eigenvalue weighted by Gasteiger charge is 2.20. The first kappa shape index (κ1) is 72.4. The lowest BCUT2D eigenvalue weighted by molar-refractivity contribution is -0.167. The number of carbonyl (C=O) groups excluding carboxylic acids is 3. The van der Waals surface area contributed by atoms with Gasteiger partial charge in [-0.25, -0.2) is 0 Å². The highest BCUT2D eigenvalue weighted by molar-refractivity contribution is 5.71. The van der Waals surface area contributed by atoms with Crippen LogP contribution in [0.15, 0.2) is 0 Å². The van der Waals surface area contributed by atoms with Crippen LogP contribution in [0.25, 0.3) is 0 Å². The Hall–Kier alpha value is -1.59. The number of rotatable bonds is 61. The summed E-state index contributed by atoms with van der Waals surface area (Å²) in [5.41, 5.74) is 0. The minimum Gasteiger partial charge on any atom is -0.462 e. The number of ether oxygens (including phenoxy) is 3. The molecule has 0 radical (unpaired) electrons. The maximum absolute atomic E-state index is 12.9. The van der Waals surface area contributed by atoms with Gasteiger partial charge in [0.2, 0.25) is 0 Å². The minimum absolute atomic E-state index is 0.0621. The first-order valence-corrected chi connectivity index (χ1v) is 33.6. The molecule has 0 aromatic rings. The van der Waals surface area contributed by atoms with Crippen LogP contribution in [0.2, 0.25) is 0 Å². The van der Waals surface area contributed by atoms with E-state index in [0.717, 1.165) is 75.5 Å². The maximum atomic E-state index is 12.9. The zero-order chi connectivity index (χ0) is 54.1. The van der Waals surface area contributed by atoms with Crippen molar-refractivity contribution in [1.29, 1.82) is 0 Å². The van der Waals surface area contributed by atoms with E-state index in [1.807, 2.05) is 0 Å². The van der Waals surface area contributed by atoms with Crippen LogP contribution in [0.1, 0.15) is 382 Å². The summed E-state index contributed by atoms with van der Waals surface area (Å²) in [7, 11) is 0. The van der Waals surface area contributed by atoms with Crippen LogP contribution in [-0.2, 0) is 28.6 Å². The summed E-state index contributed by atoms with van der Waals surface area (Å²) in [4.78, 5) is 38.4. The predicted molar refractivity (Wildman–Crippen MR) is 321 cm³/mol. The molecule has 2 atom stereocenters. The van der Waals surface area contributed by atoms with Gasteiger partial charge in [0.25, 0.3) is 0 Å². The lowest BCUT2D eigenvalue weighted by Gasteiger charge is -2.18. The molecule has 0 amide bonds. The van der Waals surface area contributed by atoms with Crippen LogP contribution in [0.4, 0.5) is 0 Å². The number of hydrogen-bond acceptors (Lipinski definition) is 6. The van der Waals surface area contributed by atoms with Crippen molar-refractivity contribution in [1.82, 2.24) is 0 Å². The molecular weight excluding hydrogens is 913 g/mol. The van der Waals surface area contributed by atoms with Gasteiger partial charge in [-0.1, -0.05) is 343 Å². The first-order chi connectivity index (χ1) is 36.1. The number of unbranched alkanes of at least 4 members (excludes halogenated alkanes) is 43. The fourth-order valence-electron chi connectivity index (χ4n) is 10.6. The molecule has 0 fully saturated rings. The van der Waals surface area contributed by atoms with Gasteiger partial charge < -0.3 is 14.2 Å². The zero-order valence-electron chi connectivity index (χ0n) is 51.1. The summed E-state index contributed by atoms with van der Waals surface area (Å²) in [5.74, 6) is 1.77. The molecule has 0 aliphatic rings. The molecule has 0 aromatic carbocycles. The third kappa shape index (κ3) is 59.7. The van der Waals surface area contributed by atoms with Gasteiger partial charge in [0.05, 0.1) is 0 Å². The Balaban J connectivity index is 4.28. The molecule has 0 aliphatic heterocycles. The van der Waals surface area contributed by atoms with Crippen molar-refractivity contribution in [2.75, 3.05) is 13.2 Å². The van der Waals surface area contributed by atoms with E-state index in [9.17, 15) is 14.4 Å². The van der Waals surface area contributed by atoms with E-state index in [-0.39, 0.29) is 31.1 Å². The monoisotopic (exact) mass is 1050 g/mol. The maximum Gasteiger partial charge on any atom is 0.306 e. The first-order valence-electron chi connectivity index (χ1n) is 33.6. The van der Waals surface area contributed by atoms with Gasteiger partial charge in [0, 0.05) is 19.3 Å². The number of esters is 3. The summed E-state index contributed by atoms with van der Waals surface area (Å²) in [6, 6.07) is 0. The third-order valence-electron chi connectivity index (χ3n) is 16.0. The summed E-state index contributed by atoms with van der Waals surface area (Å²) in [5, 5.41) is 0. The quantitative estimate of drug-likeness (QED) is 0.0343. The Morgan fingerprint density at radius 1 is 0.270 bits per heavy atom. The van der Waals surface area contributed by atoms with Crippen molar-refractivity contribution in [2.45, 2.75) is 388 Å². The Bertz CT molecular complexity index is 1150. The fraction of sp³-hybridized carbons (Fsp3) is 0.956. The Labute approximate surface area is 463 Å². The van der Waals surface area contributed by atoms with E-state index in [0.29, 0.717) is 19.3 Å². The number of carbonyl (C=O) groups is 3. The largest absolute Gasteiger partial charge is 0.462 e. The lowest BCUT2D eigenvalue weighted by Crippen LogP contribution is -2.30. The Morgan fingerprint density at radius 3 is 0.703 bits per heavy atom. The normalized spacial score (nSPS) is 12.5. The van der Waals surface area contributed by atoms with Crippen molar-refractivity contribution in [3.05, 3.63) is 0 Å². The summed E-state index contributed by atoms with van der Waals surface area (Å²) < 4.78 is 17.0. The lowest BCUT2D eigenvalue weighted by atomic mass is 9.99. The molecule has 0 N–H and O–H groups in total. The highest BCUT2D eigenvalue weighted by atomic mass is 16.6. The molecule has 6 nitrogen and oxygen atoms in total. The Kier molecular flexibility index (Phi) is 57.8. The molecule has 0 saturated heterocycles. The van der Waals surface area contributed by atoms with E-state index in [1.54, 1.807) is 0 Å². The molecule has 0 aliphatic carbocycles. The second-order valence-corrected chi connectivity index (χ2v) is 24.7. The molecule has 440 valence electrons. The Morgan fingerprint density at radius 2 is 0.473 bits per heavy atom. The zero-order valence-corrected chi connectivity index (χ0v) is 51.1. The molecular formula is C68H132O6. The van der Waals surface area contributed by atoms with Crippen LogP contribution in [0.5, 0.6) is 0 Å². The van der Waals surface area contributed by atoms with Crippen molar-refractivity contribution >= 4 is 17.9 Å². The van der Waals surface area contributed by atoms with Crippen LogP contribution in [0.3, 0.4) is 0 Å². The summed E-state index contributed by atoms with van der Waals surface area (Å²) in [6.45, 7) is 13.9. The van der Waals surface area contributed by atoms with E-state index >= 15 is 0 Å². The molecule has 0 saturated carbocycles. The third-order valence-corrected chi connectivity index (χ3v) is 16.0. The average Bonchev–Trinajstić information content (AvgIpc) is 3.38. The SMILES string of the molecule is CCC(C)CCCCCCCCCCCCCCCCC(=O)O[C@@H](COC(=O)CCCCCCCCCCCCCCCCCCCCC(C)C)COC(=O)CCCCCCCCCCCCCCCCC(C)C. The molecule has 0 rings (SSSR count). The second-order valence-electron chi connectivity index (χ2n) is 24.7. The summed E-state index contributed by atoms with van der Waals surface area (Å²) >= 11 is 0. The molecule has 6 heteroatoms. The molecule has 74 heavy (non-hydrogen) atoms. The standard InChI is InChI=1S/C68H132O6/c1-7-64(6)56-50-44-38-32-26-20-15-17-23-29-35-41-47-53-59-68(71)74-65(61-73-67(70)58-52-46-40-34-28-22-16-14-19-25-31-37-43-49-55-63(4)5)60-72-66(69)57-51-45-39-33-27-21-13-11-9-8-10-12-18-24-30-36-42-48-54-62(2)3/h62-65H,7-61H2,1-6H3/t64?,65-/m0/s1. The van der Waals surface area contributed by atoms with Crippen LogP contribution in [-0.4, -0.2) is 37.2 Å². The minimum atomic E-state index is -0.765. The average molecular weight is 1050 g/mol. The van der Waals surface area contributed by atoms with Crippen LogP contribution in [0, 0.1) is 17.8 Å². The van der Waals surface area contributed by atoms with Crippen molar-refractivity contribution < 1.29 is 28.6 Å². The van der Waals surface area contributed by atoms with Gasteiger partial charge in [-0.2, -0.15) is 0 Å². The molecule has 0 bridgehead atoms. The van der Waals surface area contributed by atoms with Crippen molar-refractivity contribution in [2.24, 2.45) is 17.8 Å². The van der Waals surface area contributed by atoms with E-state index in [2.05, 4.69) is 41.5 Å². The topological polar surface area (TPSA) is 78.9 Å². The van der Waals surface area contributed by atoms with Gasteiger partial charge in [-0.15, -0.1) is 0 Å². The van der Waals surface area contributed by atoms with Gasteiger partial charge in [0.15, 0.2) is 6.10 Å². The van der Waals surface area contributed by atoms with Crippen LogP contribution < -0.4 is 0 Å². The van der Waals surface area contributed by atoms with Crippen LogP contribution >= 0.6 is 0 Å². The van der Waals surface area contributed by atoms with Crippen molar-refractivity contribution in [3.63, 3.8) is 0 Å².